The van der Waals surface area contributed by atoms with Crippen LogP contribution in [0.1, 0.15) is 24.2 Å². The summed E-state index contributed by atoms with van der Waals surface area (Å²) < 4.78 is 23.5. The molecular formula is C18H22FNO3. The van der Waals surface area contributed by atoms with Crippen LogP contribution < -0.4 is 14.8 Å². The second kappa shape index (κ2) is 7.94. The van der Waals surface area contributed by atoms with E-state index in [9.17, 15) is 9.50 Å². The number of benzene rings is 2. The van der Waals surface area contributed by atoms with Crippen LogP contribution in [0.2, 0.25) is 0 Å². The van der Waals surface area contributed by atoms with Crippen LogP contribution in [0.25, 0.3) is 0 Å². The molecule has 0 saturated heterocycles. The molecule has 0 aliphatic carbocycles. The first kappa shape index (κ1) is 17.2. The summed E-state index contributed by atoms with van der Waals surface area (Å²) in [4.78, 5) is 0. The molecule has 0 fully saturated rings. The van der Waals surface area contributed by atoms with Gasteiger partial charge in [0.2, 0.25) is 0 Å². The van der Waals surface area contributed by atoms with Gasteiger partial charge in [0.05, 0.1) is 20.3 Å². The highest BCUT2D eigenvalue weighted by Crippen LogP contribution is 2.25. The fourth-order valence-corrected chi connectivity index (χ4v) is 2.33. The molecule has 2 rings (SSSR count). The number of methoxy groups -OCH3 is 2. The van der Waals surface area contributed by atoms with Gasteiger partial charge < -0.3 is 19.9 Å². The number of hydrogen-bond acceptors (Lipinski definition) is 4. The fourth-order valence-electron chi connectivity index (χ4n) is 2.33. The van der Waals surface area contributed by atoms with Crippen molar-refractivity contribution in [3.63, 3.8) is 0 Å². The zero-order valence-corrected chi connectivity index (χ0v) is 13.5. The van der Waals surface area contributed by atoms with Gasteiger partial charge in [-0.25, -0.2) is 4.39 Å². The molecule has 23 heavy (non-hydrogen) atoms. The molecule has 2 aromatic rings. The normalized spacial score (nSPS) is 13.4. The molecule has 4 nitrogen and oxygen atoms in total. The lowest BCUT2D eigenvalue weighted by Crippen LogP contribution is -2.31. The Balaban J connectivity index is 2.01. The Bertz CT molecular complexity index is 631. The summed E-state index contributed by atoms with van der Waals surface area (Å²) in [5, 5.41) is 13.6. The van der Waals surface area contributed by atoms with Gasteiger partial charge in [0.25, 0.3) is 0 Å². The van der Waals surface area contributed by atoms with E-state index in [-0.39, 0.29) is 11.9 Å². The van der Waals surface area contributed by atoms with Crippen LogP contribution in [0.4, 0.5) is 4.39 Å². The van der Waals surface area contributed by atoms with Gasteiger partial charge in [0.1, 0.15) is 17.3 Å². The minimum Gasteiger partial charge on any atom is -0.497 e. The second-order valence-corrected chi connectivity index (χ2v) is 5.34. The lowest BCUT2D eigenvalue weighted by molar-refractivity contribution is 0.135. The van der Waals surface area contributed by atoms with Crippen molar-refractivity contribution >= 4 is 0 Å². The Morgan fingerprint density at radius 2 is 1.78 bits per heavy atom. The molecule has 2 N–H and O–H groups in total. The standard InChI is InChI=1S/C18H22FNO3/c1-12(18(21)13-4-7-15(19)8-5-13)20-11-14-6-9-16(22-2)10-17(14)23-3/h4-10,12,18,20-21H,11H2,1-3H3. The van der Waals surface area contributed by atoms with Crippen molar-refractivity contribution in [3.8, 4) is 11.5 Å². The molecule has 0 radical (unpaired) electrons. The van der Waals surface area contributed by atoms with Crippen LogP contribution in [0, 0.1) is 5.82 Å². The third-order valence-electron chi connectivity index (χ3n) is 3.79. The molecule has 0 aliphatic rings. The van der Waals surface area contributed by atoms with Crippen molar-refractivity contribution < 1.29 is 19.0 Å². The number of halogens is 1. The van der Waals surface area contributed by atoms with E-state index in [0.29, 0.717) is 12.1 Å². The number of ether oxygens (including phenoxy) is 2. The van der Waals surface area contributed by atoms with Gasteiger partial charge in [0.15, 0.2) is 0 Å². The maximum absolute atomic E-state index is 12.9. The summed E-state index contributed by atoms with van der Waals surface area (Å²) in [5.74, 6) is 1.13. The van der Waals surface area contributed by atoms with E-state index in [4.69, 9.17) is 9.47 Å². The predicted molar refractivity (Wildman–Crippen MR) is 87.2 cm³/mol. The number of hydrogen-bond donors (Lipinski definition) is 2. The Hall–Kier alpha value is -2.11. The monoisotopic (exact) mass is 319 g/mol. The molecule has 0 saturated carbocycles. The zero-order valence-electron chi connectivity index (χ0n) is 13.5. The van der Waals surface area contributed by atoms with Crippen LogP contribution in [0.15, 0.2) is 42.5 Å². The highest BCUT2D eigenvalue weighted by atomic mass is 19.1. The lowest BCUT2D eigenvalue weighted by Gasteiger charge is -2.21. The first-order chi connectivity index (χ1) is 11.0. The average Bonchev–Trinajstić information content (AvgIpc) is 2.59. The van der Waals surface area contributed by atoms with E-state index in [2.05, 4.69) is 5.32 Å². The van der Waals surface area contributed by atoms with E-state index in [1.54, 1.807) is 26.4 Å². The SMILES string of the molecule is COc1ccc(CNC(C)C(O)c2ccc(F)cc2)c(OC)c1. The third-order valence-corrected chi connectivity index (χ3v) is 3.79. The summed E-state index contributed by atoms with van der Waals surface area (Å²) in [6, 6.07) is 11.3. The molecule has 0 aliphatic heterocycles. The highest BCUT2D eigenvalue weighted by Gasteiger charge is 2.16. The number of nitrogens with one attached hydrogen (secondary N) is 1. The van der Waals surface area contributed by atoms with E-state index < -0.39 is 6.10 Å². The molecule has 5 heteroatoms. The first-order valence-corrected chi connectivity index (χ1v) is 7.43. The van der Waals surface area contributed by atoms with Gasteiger partial charge in [-0.3, -0.25) is 0 Å². The molecule has 2 atom stereocenters. The van der Waals surface area contributed by atoms with Crippen LogP contribution >= 0.6 is 0 Å². The topological polar surface area (TPSA) is 50.7 Å². The van der Waals surface area contributed by atoms with E-state index in [1.165, 1.54) is 12.1 Å². The molecular weight excluding hydrogens is 297 g/mol. The van der Waals surface area contributed by atoms with Gasteiger partial charge >= 0.3 is 0 Å². The van der Waals surface area contributed by atoms with Crippen molar-refractivity contribution in [1.82, 2.24) is 5.32 Å². The quantitative estimate of drug-likeness (QED) is 0.823. The number of rotatable bonds is 7. The zero-order chi connectivity index (χ0) is 16.8. The molecule has 2 aromatic carbocycles. The Labute approximate surface area is 135 Å². The van der Waals surface area contributed by atoms with Gasteiger partial charge in [0, 0.05) is 24.2 Å². The van der Waals surface area contributed by atoms with Crippen molar-refractivity contribution in [3.05, 3.63) is 59.4 Å². The summed E-state index contributed by atoms with van der Waals surface area (Å²) in [5.41, 5.74) is 1.64. The average molecular weight is 319 g/mol. The Kier molecular flexibility index (Phi) is 5.96. The van der Waals surface area contributed by atoms with Crippen LogP contribution in [-0.2, 0) is 6.54 Å². The molecule has 0 aromatic heterocycles. The highest BCUT2D eigenvalue weighted by molar-refractivity contribution is 5.40. The molecule has 0 spiro atoms. The van der Waals surface area contributed by atoms with Crippen LogP contribution in [0.3, 0.4) is 0 Å². The van der Waals surface area contributed by atoms with Crippen LogP contribution in [-0.4, -0.2) is 25.4 Å². The molecule has 0 heterocycles. The second-order valence-electron chi connectivity index (χ2n) is 5.34. The Morgan fingerprint density at radius 1 is 1.09 bits per heavy atom. The van der Waals surface area contributed by atoms with Crippen LogP contribution in [0.5, 0.6) is 11.5 Å². The summed E-state index contributed by atoms with van der Waals surface area (Å²) in [7, 11) is 3.21. The molecule has 124 valence electrons. The van der Waals surface area contributed by atoms with Crippen molar-refractivity contribution in [2.75, 3.05) is 14.2 Å². The number of aliphatic hydroxyl groups is 1. The lowest BCUT2D eigenvalue weighted by atomic mass is 10.0. The molecule has 0 amide bonds. The van der Waals surface area contributed by atoms with Gasteiger partial charge in [-0.2, -0.15) is 0 Å². The maximum Gasteiger partial charge on any atom is 0.127 e. The van der Waals surface area contributed by atoms with Gasteiger partial charge in [-0.05, 0) is 30.7 Å². The van der Waals surface area contributed by atoms with E-state index in [0.717, 1.165) is 17.1 Å². The first-order valence-electron chi connectivity index (χ1n) is 7.43. The largest absolute Gasteiger partial charge is 0.497 e. The number of aliphatic hydroxyl groups excluding tert-OH is 1. The predicted octanol–water partition coefficient (Wildman–Crippen LogP) is 3.05. The third kappa shape index (κ3) is 4.43. The minimum absolute atomic E-state index is 0.202. The minimum atomic E-state index is -0.722. The van der Waals surface area contributed by atoms with E-state index in [1.807, 2.05) is 25.1 Å². The maximum atomic E-state index is 12.9. The smallest absolute Gasteiger partial charge is 0.127 e. The molecule has 2 unspecified atom stereocenters. The fraction of sp³-hybridized carbons (Fsp3) is 0.333. The van der Waals surface area contributed by atoms with Crippen molar-refractivity contribution in [2.45, 2.75) is 25.6 Å². The Morgan fingerprint density at radius 3 is 2.39 bits per heavy atom. The van der Waals surface area contributed by atoms with Gasteiger partial charge in [-0.15, -0.1) is 0 Å². The van der Waals surface area contributed by atoms with Gasteiger partial charge in [-0.1, -0.05) is 18.2 Å². The summed E-state index contributed by atoms with van der Waals surface area (Å²) >= 11 is 0. The van der Waals surface area contributed by atoms with Crippen molar-refractivity contribution in [2.24, 2.45) is 0 Å². The summed E-state index contributed by atoms with van der Waals surface area (Å²) in [6.45, 7) is 2.41. The van der Waals surface area contributed by atoms with Crippen molar-refractivity contribution in [1.29, 1.82) is 0 Å². The summed E-state index contributed by atoms with van der Waals surface area (Å²) in [6.07, 6.45) is -0.722. The molecule has 0 bridgehead atoms. The van der Waals surface area contributed by atoms with E-state index >= 15 is 0 Å².